The monoisotopic (exact) mass is 348 g/mol. The second-order valence-corrected chi connectivity index (χ2v) is 6.17. The molecule has 0 radical (unpaired) electrons. The minimum atomic E-state index is -0.0658. The van der Waals surface area contributed by atoms with Crippen LogP contribution in [-0.2, 0) is 16.1 Å². The molecule has 2 rings (SSSR count). The third kappa shape index (κ3) is 6.45. The number of hydrogen-bond acceptors (Lipinski definition) is 5. The first kappa shape index (κ1) is 19.4. The van der Waals surface area contributed by atoms with Crippen molar-refractivity contribution in [3.63, 3.8) is 0 Å². The number of amides is 2. The van der Waals surface area contributed by atoms with E-state index in [9.17, 15) is 9.59 Å². The molecule has 0 aliphatic carbocycles. The molecule has 2 N–H and O–H groups in total. The van der Waals surface area contributed by atoms with Gasteiger partial charge in [-0.3, -0.25) is 19.4 Å². The van der Waals surface area contributed by atoms with E-state index in [4.69, 9.17) is 4.74 Å². The van der Waals surface area contributed by atoms with Gasteiger partial charge in [0.05, 0.1) is 13.2 Å². The Morgan fingerprint density at radius 1 is 1.08 bits per heavy atom. The topological polar surface area (TPSA) is 73.9 Å². The Labute approximate surface area is 149 Å². The molecule has 1 aliphatic rings. The Kier molecular flexibility index (Phi) is 7.84. The van der Waals surface area contributed by atoms with Gasteiger partial charge in [0.25, 0.3) is 5.91 Å². The predicted molar refractivity (Wildman–Crippen MR) is 96.4 cm³/mol. The highest BCUT2D eigenvalue weighted by Gasteiger charge is 2.19. The van der Waals surface area contributed by atoms with E-state index in [0.717, 1.165) is 32.7 Å². The second kappa shape index (κ2) is 10.1. The quantitative estimate of drug-likeness (QED) is 0.643. The number of ether oxygens (including phenoxy) is 1. The van der Waals surface area contributed by atoms with E-state index in [1.807, 2.05) is 24.3 Å². The van der Waals surface area contributed by atoms with Crippen molar-refractivity contribution in [2.24, 2.45) is 0 Å². The molecule has 1 aromatic carbocycles. The Hall–Kier alpha value is -1.96. The summed E-state index contributed by atoms with van der Waals surface area (Å²) in [5, 5.41) is 5.47. The van der Waals surface area contributed by atoms with E-state index in [1.165, 1.54) is 5.56 Å². The molecule has 1 saturated heterocycles. The number of piperazine rings is 1. The van der Waals surface area contributed by atoms with Gasteiger partial charge in [0.1, 0.15) is 0 Å². The number of benzene rings is 1. The van der Waals surface area contributed by atoms with Crippen molar-refractivity contribution in [2.45, 2.75) is 6.54 Å². The number of nitrogens with zero attached hydrogens (tertiary/aromatic N) is 2. The lowest BCUT2D eigenvalue weighted by atomic mass is 10.1. The molecule has 2 amide bonds. The van der Waals surface area contributed by atoms with Crippen LogP contribution >= 0.6 is 0 Å². The van der Waals surface area contributed by atoms with Crippen LogP contribution in [0, 0.1) is 0 Å². The molecule has 25 heavy (non-hydrogen) atoms. The molecular formula is C18H28N4O3. The van der Waals surface area contributed by atoms with E-state index in [-0.39, 0.29) is 11.8 Å². The molecule has 138 valence electrons. The number of rotatable bonds is 8. The summed E-state index contributed by atoms with van der Waals surface area (Å²) >= 11 is 0. The van der Waals surface area contributed by atoms with Crippen LogP contribution in [0.4, 0.5) is 0 Å². The SMILES string of the molecule is CNC(=O)c1ccc(CN2CCN(CC(=O)NCCOC)CC2)cc1. The zero-order valence-electron chi connectivity index (χ0n) is 15.1. The van der Waals surface area contributed by atoms with E-state index >= 15 is 0 Å². The first-order valence-corrected chi connectivity index (χ1v) is 8.63. The largest absolute Gasteiger partial charge is 0.383 e. The number of carbonyl (C=O) groups is 2. The van der Waals surface area contributed by atoms with Crippen molar-refractivity contribution in [3.05, 3.63) is 35.4 Å². The van der Waals surface area contributed by atoms with Crippen molar-refractivity contribution in [2.75, 3.05) is 60.0 Å². The van der Waals surface area contributed by atoms with Crippen molar-refractivity contribution >= 4 is 11.8 Å². The van der Waals surface area contributed by atoms with E-state index in [2.05, 4.69) is 20.4 Å². The van der Waals surface area contributed by atoms with Gasteiger partial charge in [-0.1, -0.05) is 12.1 Å². The number of methoxy groups -OCH3 is 1. The number of carbonyl (C=O) groups excluding carboxylic acids is 2. The Bertz CT molecular complexity index is 554. The summed E-state index contributed by atoms with van der Waals surface area (Å²) in [4.78, 5) is 27.9. The lowest BCUT2D eigenvalue weighted by Gasteiger charge is -2.34. The molecule has 1 heterocycles. The fourth-order valence-corrected chi connectivity index (χ4v) is 2.82. The van der Waals surface area contributed by atoms with Gasteiger partial charge < -0.3 is 15.4 Å². The highest BCUT2D eigenvalue weighted by molar-refractivity contribution is 5.93. The van der Waals surface area contributed by atoms with Gasteiger partial charge in [-0.15, -0.1) is 0 Å². The van der Waals surface area contributed by atoms with Crippen molar-refractivity contribution < 1.29 is 14.3 Å². The van der Waals surface area contributed by atoms with Crippen LogP contribution in [0.1, 0.15) is 15.9 Å². The van der Waals surface area contributed by atoms with Gasteiger partial charge in [0, 0.05) is 59.0 Å². The zero-order chi connectivity index (χ0) is 18.1. The Morgan fingerprint density at radius 3 is 2.32 bits per heavy atom. The number of nitrogens with one attached hydrogen (secondary N) is 2. The summed E-state index contributed by atoms with van der Waals surface area (Å²) in [6.07, 6.45) is 0. The van der Waals surface area contributed by atoms with E-state index < -0.39 is 0 Å². The minimum absolute atomic E-state index is 0.0512. The molecule has 0 saturated carbocycles. The molecule has 1 aliphatic heterocycles. The van der Waals surface area contributed by atoms with E-state index in [1.54, 1.807) is 14.2 Å². The molecule has 0 aromatic heterocycles. The van der Waals surface area contributed by atoms with Gasteiger partial charge in [0.2, 0.25) is 5.91 Å². The molecule has 0 atom stereocenters. The van der Waals surface area contributed by atoms with E-state index in [0.29, 0.717) is 25.3 Å². The average molecular weight is 348 g/mol. The normalized spacial score (nSPS) is 15.8. The van der Waals surface area contributed by atoms with Crippen molar-refractivity contribution in [3.8, 4) is 0 Å². The number of hydrogen-bond donors (Lipinski definition) is 2. The van der Waals surface area contributed by atoms with Crippen LogP contribution in [0.3, 0.4) is 0 Å². The average Bonchev–Trinajstić information content (AvgIpc) is 2.63. The van der Waals surface area contributed by atoms with Crippen LogP contribution in [0.5, 0.6) is 0 Å². The zero-order valence-corrected chi connectivity index (χ0v) is 15.1. The highest BCUT2D eigenvalue weighted by Crippen LogP contribution is 2.10. The molecule has 0 bridgehead atoms. The molecular weight excluding hydrogens is 320 g/mol. The molecule has 1 fully saturated rings. The van der Waals surface area contributed by atoms with Crippen molar-refractivity contribution in [1.29, 1.82) is 0 Å². The predicted octanol–water partition coefficient (Wildman–Crippen LogP) is -0.0736. The van der Waals surface area contributed by atoms with Crippen LogP contribution < -0.4 is 10.6 Å². The first-order chi connectivity index (χ1) is 12.1. The first-order valence-electron chi connectivity index (χ1n) is 8.63. The van der Waals surface area contributed by atoms with Crippen LogP contribution in [0.2, 0.25) is 0 Å². The van der Waals surface area contributed by atoms with Gasteiger partial charge in [-0.2, -0.15) is 0 Å². The summed E-state index contributed by atoms with van der Waals surface area (Å²) in [6, 6.07) is 7.71. The fourth-order valence-electron chi connectivity index (χ4n) is 2.82. The summed E-state index contributed by atoms with van der Waals surface area (Å²) in [5.74, 6) is -0.0146. The van der Waals surface area contributed by atoms with Gasteiger partial charge in [-0.05, 0) is 17.7 Å². The smallest absolute Gasteiger partial charge is 0.251 e. The molecule has 1 aromatic rings. The van der Waals surface area contributed by atoms with Gasteiger partial charge >= 0.3 is 0 Å². The summed E-state index contributed by atoms with van der Waals surface area (Å²) in [6.45, 7) is 6.03. The maximum atomic E-state index is 11.8. The van der Waals surface area contributed by atoms with Crippen LogP contribution in [0.15, 0.2) is 24.3 Å². The minimum Gasteiger partial charge on any atom is -0.383 e. The van der Waals surface area contributed by atoms with Crippen LogP contribution in [-0.4, -0.2) is 81.6 Å². The second-order valence-electron chi connectivity index (χ2n) is 6.17. The molecule has 7 heteroatoms. The maximum absolute atomic E-state index is 11.8. The third-order valence-corrected chi connectivity index (χ3v) is 4.31. The summed E-state index contributed by atoms with van der Waals surface area (Å²) in [7, 11) is 3.26. The fraction of sp³-hybridized carbons (Fsp3) is 0.556. The summed E-state index contributed by atoms with van der Waals surface area (Å²) in [5.41, 5.74) is 1.87. The summed E-state index contributed by atoms with van der Waals surface area (Å²) < 4.78 is 4.92. The third-order valence-electron chi connectivity index (χ3n) is 4.31. The Balaban J connectivity index is 1.71. The maximum Gasteiger partial charge on any atom is 0.251 e. The Morgan fingerprint density at radius 2 is 1.72 bits per heavy atom. The molecule has 7 nitrogen and oxygen atoms in total. The molecule has 0 spiro atoms. The lowest BCUT2D eigenvalue weighted by Crippen LogP contribution is -2.49. The van der Waals surface area contributed by atoms with Gasteiger partial charge in [0.15, 0.2) is 0 Å². The van der Waals surface area contributed by atoms with Crippen molar-refractivity contribution in [1.82, 2.24) is 20.4 Å². The van der Waals surface area contributed by atoms with Crippen LogP contribution in [0.25, 0.3) is 0 Å². The lowest BCUT2D eigenvalue weighted by molar-refractivity contribution is -0.122. The standard InChI is InChI=1S/C18H28N4O3/c1-19-18(24)16-5-3-15(4-6-16)13-21-8-10-22(11-9-21)14-17(23)20-7-12-25-2/h3-6H,7-14H2,1-2H3,(H,19,24)(H,20,23). The van der Waals surface area contributed by atoms with Gasteiger partial charge in [-0.25, -0.2) is 0 Å². The molecule has 0 unspecified atom stereocenters. The highest BCUT2D eigenvalue weighted by atomic mass is 16.5.